The van der Waals surface area contributed by atoms with Crippen molar-refractivity contribution in [1.29, 1.82) is 0 Å². The van der Waals surface area contributed by atoms with Gasteiger partial charge in [0, 0.05) is 6.07 Å². The van der Waals surface area contributed by atoms with Crippen LogP contribution in [0.3, 0.4) is 0 Å². The first-order chi connectivity index (χ1) is 8.70. The van der Waals surface area contributed by atoms with E-state index in [1.807, 2.05) is 0 Å². The van der Waals surface area contributed by atoms with E-state index in [2.05, 4.69) is 0 Å². The maximum Gasteiger partial charge on any atom is 0.347 e. The quantitative estimate of drug-likeness (QED) is 0.616. The average molecular weight is 246 g/mol. The third kappa shape index (κ3) is 2.66. The van der Waals surface area contributed by atoms with Gasteiger partial charge in [0.2, 0.25) is 0 Å². The van der Waals surface area contributed by atoms with Crippen LogP contribution in [0.4, 0.5) is 4.39 Å². The minimum absolute atomic E-state index is 0.158. The summed E-state index contributed by atoms with van der Waals surface area (Å²) in [5, 5.41) is 0. The lowest BCUT2D eigenvalue weighted by Crippen LogP contribution is -2.10. The van der Waals surface area contributed by atoms with Gasteiger partial charge in [-0.25, -0.2) is 9.18 Å². The average Bonchev–Trinajstić information content (AvgIpc) is 2.38. The van der Waals surface area contributed by atoms with Crippen molar-refractivity contribution >= 4 is 5.97 Å². The van der Waals surface area contributed by atoms with Gasteiger partial charge in [0.05, 0.1) is 7.11 Å². The second-order valence-electron chi connectivity index (χ2n) is 3.55. The zero-order valence-corrected chi connectivity index (χ0v) is 9.72. The Morgan fingerprint density at radius 3 is 2.61 bits per heavy atom. The Bertz CT molecular complexity index is 566. The van der Waals surface area contributed by atoms with E-state index in [1.54, 1.807) is 24.3 Å². The van der Waals surface area contributed by atoms with E-state index in [0.29, 0.717) is 11.3 Å². The Labute approximate surface area is 104 Å². The number of carbonyl (C=O) groups excluding carboxylic acids is 1. The first-order valence-corrected chi connectivity index (χ1v) is 5.31. The molecule has 2 aromatic rings. The van der Waals surface area contributed by atoms with Crippen LogP contribution in [0, 0.1) is 5.82 Å². The van der Waals surface area contributed by atoms with Crippen molar-refractivity contribution in [1.82, 2.24) is 0 Å². The Hall–Kier alpha value is -2.36. The molecule has 0 unspecified atom stereocenters. The number of para-hydroxylation sites is 1. The molecule has 2 aromatic carbocycles. The molecule has 0 spiro atoms. The molecule has 0 aliphatic carbocycles. The van der Waals surface area contributed by atoms with Gasteiger partial charge in [0.15, 0.2) is 0 Å². The summed E-state index contributed by atoms with van der Waals surface area (Å²) in [6, 6.07) is 12.1. The summed E-state index contributed by atoms with van der Waals surface area (Å²) < 4.78 is 23.1. The SMILES string of the molecule is COc1ccccc1C(=O)Oc1cccc(F)c1. The van der Waals surface area contributed by atoms with Gasteiger partial charge in [-0.1, -0.05) is 18.2 Å². The summed E-state index contributed by atoms with van der Waals surface area (Å²) in [6.45, 7) is 0. The molecular formula is C14H11FO3. The van der Waals surface area contributed by atoms with E-state index in [9.17, 15) is 9.18 Å². The summed E-state index contributed by atoms with van der Waals surface area (Å²) in [6.07, 6.45) is 0. The number of methoxy groups -OCH3 is 1. The molecule has 0 saturated heterocycles. The highest BCUT2D eigenvalue weighted by molar-refractivity contribution is 5.93. The second kappa shape index (κ2) is 5.31. The largest absolute Gasteiger partial charge is 0.496 e. The van der Waals surface area contributed by atoms with Crippen LogP contribution in [-0.2, 0) is 0 Å². The zero-order valence-electron chi connectivity index (χ0n) is 9.72. The molecule has 0 aliphatic heterocycles. The molecule has 0 heterocycles. The van der Waals surface area contributed by atoms with Crippen LogP contribution in [0.25, 0.3) is 0 Å². The van der Waals surface area contributed by atoms with E-state index in [1.165, 1.54) is 25.3 Å². The van der Waals surface area contributed by atoms with Gasteiger partial charge < -0.3 is 9.47 Å². The van der Waals surface area contributed by atoms with Crippen molar-refractivity contribution in [2.24, 2.45) is 0 Å². The van der Waals surface area contributed by atoms with Crippen LogP contribution in [0.2, 0.25) is 0 Å². The van der Waals surface area contributed by atoms with E-state index in [0.717, 1.165) is 6.07 Å². The fraction of sp³-hybridized carbons (Fsp3) is 0.0714. The number of ether oxygens (including phenoxy) is 2. The van der Waals surface area contributed by atoms with Crippen LogP contribution >= 0.6 is 0 Å². The second-order valence-corrected chi connectivity index (χ2v) is 3.55. The van der Waals surface area contributed by atoms with E-state index in [4.69, 9.17) is 9.47 Å². The lowest BCUT2D eigenvalue weighted by atomic mass is 10.2. The highest BCUT2D eigenvalue weighted by Gasteiger charge is 2.13. The lowest BCUT2D eigenvalue weighted by Gasteiger charge is -2.08. The number of benzene rings is 2. The maximum absolute atomic E-state index is 12.9. The number of carbonyl (C=O) groups is 1. The van der Waals surface area contributed by atoms with Gasteiger partial charge in [-0.3, -0.25) is 0 Å². The van der Waals surface area contributed by atoms with Crippen LogP contribution in [-0.4, -0.2) is 13.1 Å². The van der Waals surface area contributed by atoms with Gasteiger partial charge in [-0.2, -0.15) is 0 Å². The van der Waals surface area contributed by atoms with Crippen molar-refractivity contribution < 1.29 is 18.7 Å². The molecule has 0 aromatic heterocycles. The van der Waals surface area contributed by atoms with E-state index in [-0.39, 0.29) is 5.75 Å². The predicted octanol–water partition coefficient (Wildman–Crippen LogP) is 3.05. The van der Waals surface area contributed by atoms with Crippen LogP contribution in [0.15, 0.2) is 48.5 Å². The molecule has 0 N–H and O–H groups in total. The fourth-order valence-corrected chi connectivity index (χ4v) is 1.51. The highest BCUT2D eigenvalue weighted by Crippen LogP contribution is 2.20. The summed E-state index contributed by atoms with van der Waals surface area (Å²) in [5.41, 5.74) is 0.296. The molecule has 18 heavy (non-hydrogen) atoms. The zero-order chi connectivity index (χ0) is 13.0. The summed E-state index contributed by atoms with van der Waals surface area (Å²) >= 11 is 0. The van der Waals surface area contributed by atoms with Crippen molar-refractivity contribution in [2.45, 2.75) is 0 Å². The number of rotatable bonds is 3. The van der Waals surface area contributed by atoms with Crippen molar-refractivity contribution in [3.8, 4) is 11.5 Å². The van der Waals surface area contributed by atoms with Gasteiger partial charge in [-0.15, -0.1) is 0 Å². The Morgan fingerprint density at radius 1 is 1.11 bits per heavy atom. The summed E-state index contributed by atoms with van der Waals surface area (Å²) in [5.74, 6) is -0.469. The van der Waals surface area contributed by atoms with Crippen LogP contribution in [0.1, 0.15) is 10.4 Å². The van der Waals surface area contributed by atoms with Crippen molar-refractivity contribution in [3.05, 3.63) is 59.9 Å². The van der Waals surface area contributed by atoms with Crippen LogP contribution < -0.4 is 9.47 Å². The van der Waals surface area contributed by atoms with Crippen LogP contribution in [0.5, 0.6) is 11.5 Å². The van der Waals surface area contributed by atoms with Gasteiger partial charge in [0.25, 0.3) is 0 Å². The first kappa shape index (κ1) is 12.1. The topological polar surface area (TPSA) is 35.5 Å². The van der Waals surface area contributed by atoms with E-state index < -0.39 is 11.8 Å². The first-order valence-electron chi connectivity index (χ1n) is 5.31. The van der Waals surface area contributed by atoms with E-state index >= 15 is 0 Å². The molecule has 2 rings (SSSR count). The highest BCUT2D eigenvalue weighted by atomic mass is 19.1. The number of esters is 1. The smallest absolute Gasteiger partial charge is 0.347 e. The normalized spacial score (nSPS) is 9.89. The third-order valence-corrected chi connectivity index (χ3v) is 2.33. The molecule has 0 radical (unpaired) electrons. The molecule has 0 saturated carbocycles. The van der Waals surface area contributed by atoms with Crippen molar-refractivity contribution in [3.63, 3.8) is 0 Å². The fourth-order valence-electron chi connectivity index (χ4n) is 1.51. The molecule has 92 valence electrons. The minimum Gasteiger partial charge on any atom is -0.496 e. The molecule has 0 aliphatic rings. The molecule has 0 amide bonds. The monoisotopic (exact) mass is 246 g/mol. The predicted molar refractivity (Wildman–Crippen MR) is 64.4 cm³/mol. The molecule has 3 nitrogen and oxygen atoms in total. The Morgan fingerprint density at radius 2 is 1.89 bits per heavy atom. The summed E-state index contributed by atoms with van der Waals surface area (Å²) in [7, 11) is 1.47. The minimum atomic E-state index is -0.585. The summed E-state index contributed by atoms with van der Waals surface area (Å²) in [4.78, 5) is 11.9. The number of halogens is 1. The Balaban J connectivity index is 2.22. The molecule has 0 fully saturated rings. The Kier molecular flexibility index (Phi) is 3.57. The van der Waals surface area contributed by atoms with Gasteiger partial charge in [0.1, 0.15) is 22.9 Å². The molecular weight excluding hydrogens is 235 g/mol. The third-order valence-electron chi connectivity index (χ3n) is 2.33. The van der Waals surface area contributed by atoms with Crippen molar-refractivity contribution in [2.75, 3.05) is 7.11 Å². The number of hydrogen-bond acceptors (Lipinski definition) is 3. The van der Waals surface area contributed by atoms with Gasteiger partial charge in [-0.05, 0) is 24.3 Å². The lowest BCUT2D eigenvalue weighted by molar-refractivity contribution is 0.0731. The standard InChI is InChI=1S/C14H11FO3/c1-17-13-8-3-2-7-12(13)14(16)18-11-6-4-5-10(15)9-11/h2-9H,1H3. The van der Waals surface area contributed by atoms with Gasteiger partial charge >= 0.3 is 5.97 Å². The molecule has 0 bridgehead atoms. The number of hydrogen-bond donors (Lipinski definition) is 0. The molecule has 0 atom stereocenters. The molecule has 4 heteroatoms. The maximum atomic E-state index is 12.9.